The number of sulfonamides is 1. The molecular formula is C13H18ClFN2O2S. The van der Waals surface area contributed by atoms with Crippen LogP contribution in [0.25, 0.3) is 0 Å². The van der Waals surface area contributed by atoms with Gasteiger partial charge in [0.2, 0.25) is 10.0 Å². The average Bonchev–Trinajstić information content (AvgIpc) is 3.17. The zero-order chi connectivity index (χ0) is 14.6. The highest BCUT2D eigenvalue weighted by Crippen LogP contribution is 2.20. The first-order chi connectivity index (χ1) is 9.46. The van der Waals surface area contributed by atoms with Crippen LogP contribution in [0.4, 0.5) is 10.1 Å². The molecule has 0 aliphatic heterocycles. The van der Waals surface area contributed by atoms with Crippen LogP contribution in [-0.2, 0) is 10.0 Å². The van der Waals surface area contributed by atoms with Crippen molar-refractivity contribution in [1.82, 2.24) is 5.32 Å². The number of benzene rings is 1. The molecule has 1 aromatic carbocycles. The second kappa shape index (κ2) is 6.74. The monoisotopic (exact) mass is 320 g/mol. The second-order valence-corrected chi connectivity index (χ2v) is 7.23. The van der Waals surface area contributed by atoms with E-state index >= 15 is 0 Å². The van der Waals surface area contributed by atoms with Crippen LogP contribution in [0.3, 0.4) is 0 Å². The van der Waals surface area contributed by atoms with Crippen LogP contribution in [0, 0.1) is 5.82 Å². The lowest BCUT2D eigenvalue weighted by molar-refractivity contribution is 0.590. The number of hydrogen-bond acceptors (Lipinski definition) is 3. The van der Waals surface area contributed by atoms with Gasteiger partial charge in [-0.25, -0.2) is 12.8 Å². The van der Waals surface area contributed by atoms with E-state index in [9.17, 15) is 12.8 Å². The number of anilines is 1. The lowest BCUT2D eigenvalue weighted by Crippen LogP contribution is -2.20. The van der Waals surface area contributed by atoms with Crippen molar-refractivity contribution in [2.45, 2.75) is 31.7 Å². The quantitative estimate of drug-likeness (QED) is 0.724. The third-order valence-electron chi connectivity index (χ3n) is 3.04. The average molecular weight is 321 g/mol. The molecule has 0 amide bonds. The van der Waals surface area contributed by atoms with Crippen molar-refractivity contribution in [3.63, 3.8) is 0 Å². The molecule has 1 fully saturated rings. The van der Waals surface area contributed by atoms with Gasteiger partial charge in [0.05, 0.1) is 16.5 Å². The van der Waals surface area contributed by atoms with Crippen LogP contribution in [0.5, 0.6) is 0 Å². The molecule has 7 heteroatoms. The molecule has 0 radical (unpaired) electrons. The van der Waals surface area contributed by atoms with Crippen LogP contribution in [0.1, 0.15) is 25.7 Å². The molecule has 0 heterocycles. The third-order valence-corrected chi connectivity index (χ3v) is 4.72. The van der Waals surface area contributed by atoms with E-state index in [2.05, 4.69) is 10.0 Å². The van der Waals surface area contributed by atoms with E-state index in [1.54, 1.807) is 0 Å². The minimum Gasteiger partial charge on any atom is -0.314 e. The lowest BCUT2D eigenvalue weighted by Gasteiger charge is -2.08. The molecule has 1 aliphatic rings. The first-order valence-corrected chi connectivity index (χ1v) is 8.68. The summed E-state index contributed by atoms with van der Waals surface area (Å²) in [5, 5.41) is 3.30. The summed E-state index contributed by atoms with van der Waals surface area (Å²) >= 11 is 5.54. The Bertz CT molecular complexity index is 561. The molecule has 0 spiro atoms. The number of rotatable bonds is 8. The summed E-state index contributed by atoms with van der Waals surface area (Å²) in [6.45, 7) is 0.843. The summed E-state index contributed by atoms with van der Waals surface area (Å²) < 4.78 is 39.2. The van der Waals surface area contributed by atoms with Gasteiger partial charge in [-0.15, -0.1) is 0 Å². The van der Waals surface area contributed by atoms with Crippen molar-refractivity contribution in [2.24, 2.45) is 0 Å². The van der Waals surface area contributed by atoms with E-state index in [1.807, 2.05) is 0 Å². The summed E-state index contributed by atoms with van der Waals surface area (Å²) in [5.41, 5.74) is 0.197. The zero-order valence-electron chi connectivity index (χ0n) is 11.0. The van der Waals surface area contributed by atoms with Crippen molar-refractivity contribution in [2.75, 3.05) is 17.0 Å². The van der Waals surface area contributed by atoms with E-state index < -0.39 is 15.8 Å². The van der Waals surface area contributed by atoms with Gasteiger partial charge >= 0.3 is 0 Å². The van der Waals surface area contributed by atoms with E-state index in [0.29, 0.717) is 12.5 Å². The van der Waals surface area contributed by atoms with Crippen molar-refractivity contribution >= 4 is 27.3 Å². The van der Waals surface area contributed by atoms with Gasteiger partial charge in [-0.1, -0.05) is 11.6 Å². The van der Waals surface area contributed by atoms with Gasteiger partial charge in [-0.3, -0.25) is 4.72 Å². The van der Waals surface area contributed by atoms with Gasteiger partial charge in [0.25, 0.3) is 0 Å². The number of hydrogen-bond donors (Lipinski definition) is 2. The van der Waals surface area contributed by atoms with Gasteiger partial charge in [-0.2, -0.15) is 0 Å². The van der Waals surface area contributed by atoms with Crippen molar-refractivity contribution in [3.05, 3.63) is 29.0 Å². The highest BCUT2D eigenvalue weighted by atomic mass is 35.5. The maximum absolute atomic E-state index is 13.2. The summed E-state index contributed by atoms with van der Waals surface area (Å²) in [5.74, 6) is -0.607. The van der Waals surface area contributed by atoms with Crippen LogP contribution < -0.4 is 10.0 Å². The Morgan fingerprint density at radius 2 is 2.05 bits per heavy atom. The molecular weight excluding hydrogens is 303 g/mol. The summed E-state index contributed by atoms with van der Waals surface area (Å²) in [6.07, 6.45) is 3.83. The number of unbranched alkanes of at least 4 members (excludes halogenated alkanes) is 1. The van der Waals surface area contributed by atoms with Gasteiger partial charge in [-0.05, 0) is 50.4 Å². The van der Waals surface area contributed by atoms with Gasteiger partial charge in [0.1, 0.15) is 5.82 Å². The van der Waals surface area contributed by atoms with E-state index in [0.717, 1.165) is 19.0 Å². The zero-order valence-corrected chi connectivity index (χ0v) is 12.6. The maximum atomic E-state index is 13.2. The number of halogens is 2. The highest BCUT2D eigenvalue weighted by molar-refractivity contribution is 7.92. The van der Waals surface area contributed by atoms with Crippen molar-refractivity contribution in [1.29, 1.82) is 0 Å². The second-order valence-electron chi connectivity index (χ2n) is 4.99. The Balaban J connectivity index is 1.75. The summed E-state index contributed by atoms with van der Waals surface area (Å²) in [7, 11) is -3.44. The van der Waals surface area contributed by atoms with Gasteiger partial charge in [0.15, 0.2) is 0 Å². The van der Waals surface area contributed by atoms with Gasteiger partial charge < -0.3 is 5.32 Å². The predicted molar refractivity (Wildman–Crippen MR) is 79.1 cm³/mol. The number of nitrogens with one attached hydrogen (secondary N) is 2. The largest absolute Gasteiger partial charge is 0.314 e. The standard InChI is InChI=1S/C13H18ClFN2O2S/c14-12-6-5-11(9-13(12)15)17-20(18,19)8-2-1-7-16-10-3-4-10/h5-6,9-10,16-17H,1-4,7-8H2. The first kappa shape index (κ1) is 15.5. The maximum Gasteiger partial charge on any atom is 0.232 e. The molecule has 112 valence electrons. The summed E-state index contributed by atoms with van der Waals surface area (Å²) in [6, 6.07) is 4.49. The topological polar surface area (TPSA) is 58.2 Å². The van der Waals surface area contributed by atoms with Crippen molar-refractivity contribution in [3.8, 4) is 0 Å². The Kier molecular flexibility index (Phi) is 5.23. The Hall–Kier alpha value is -0.850. The highest BCUT2D eigenvalue weighted by Gasteiger charge is 2.19. The fraction of sp³-hybridized carbons (Fsp3) is 0.538. The molecule has 0 aromatic heterocycles. The molecule has 1 saturated carbocycles. The van der Waals surface area contributed by atoms with E-state index in [-0.39, 0.29) is 16.5 Å². The van der Waals surface area contributed by atoms with Crippen LogP contribution in [0.2, 0.25) is 5.02 Å². The first-order valence-electron chi connectivity index (χ1n) is 6.65. The predicted octanol–water partition coefficient (Wildman–Crippen LogP) is 2.75. The fourth-order valence-electron chi connectivity index (χ4n) is 1.80. The van der Waals surface area contributed by atoms with Crippen LogP contribution >= 0.6 is 11.6 Å². The summed E-state index contributed by atoms with van der Waals surface area (Å²) in [4.78, 5) is 0. The molecule has 1 aromatic rings. The normalized spacial score (nSPS) is 15.3. The fourth-order valence-corrected chi connectivity index (χ4v) is 3.09. The van der Waals surface area contributed by atoms with E-state index in [4.69, 9.17) is 11.6 Å². The third kappa shape index (κ3) is 5.26. The Morgan fingerprint density at radius 1 is 1.30 bits per heavy atom. The Morgan fingerprint density at radius 3 is 2.70 bits per heavy atom. The molecule has 1 aliphatic carbocycles. The molecule has 2 N–H and O–H groups in total. The molecule has 0 saturated heterocycles. The molecule has 0 bridgehead atoms. The SMILES string of the molecule is O=S(=O)(CCCCNC1CC1)Nc1ccc(Cl)c(F)c1. The minimum atomic E-state index is -3.44. The molecule has 2 rings (SSSR count). The van der Waals surface area contributed by atoms with Crippen molar-refractivity contribution < 1.29 is 12.8 Å². The molecule has 0 unspecified atom stereocenters. The molecule has 0 atom stereocenters. The van der Waals surface area contributed by atoms with Gasteiger partial charge in [0, 0.05) is 6.04 Å². The molecule has 4 nitrogen and oxygen atoms in total. The van der Waals surface area contributed by atoms with E-state index in [1.165, 1.54) is 25.0 Å². The lowest BCUT2D eigenvalue weighted by atomic mass is 10.3. The molecule has 20 heavy (non-hydrogen) atoms. The minimum absolute atomic E-state index is 0.0286. The van der Waals surface area contributed by atoms with Crippen LogP contribution in [-0.4, -0.2) is 26.8 Å². The van der Waals surface area contributed by atoms with Crippen LogP contribution in [0.15, 0.2) is 18.2 Å². The smallest absolute Gasteiger partial charge is 0.232 e. The Labute approximate surface area is 123 Å².